The van der Waals surface area contributed by atoms with Crippen LogP contribution in [0.5, 0.6) is 0 Å². The average Bonchev–Trinajstić information content (AvgIpc) is 2.31. The SMILES string of the molecule is CCOC(=O)Cc1cc(C#N)c(C=O)cc1S. The van der Waals surface area contributed by atoms with E-state index >= 15 is 0 Å². The lowest BCUT2D eigenvalue weighted by Gasteiger charge is -2.07. The van der Waals surface area contributed by atoms with Gasteiger partial charge in [-0.25, -0.2) is 0 Å². The Bertz CT molecular complexity index is 491. The van der Waals surface area contributed by atoms with Crippen LogP contribution < -0.4 is 0 Å². The van der Waals surface area contributed by atoms with Gasteiger partial charge >= 0.3 is 5.97 Å². The molecule has 0 aliphatic rings. The zero-order chi connectivity index (χ0) is 12.8. The minimum atomic E-state index is -0.384. The number of benzene rings is 1. The summed E-state index contributed by atoms with van der Waals surface area (Å²) in [7, 11) is 0. The molecule has 0 aliphatic carbocycles. The van der Waals surface area contributed by atoms with Gasteiger partial charge in [-0.15, -0.1) is 12.6 Å². The maximum atomic E-state index is 11.3. The van der Waals surface area contributed by atoms with Crippen LogP contribution >= 0.6 is 12.6 Å². The van der Waals surface area contributed by atoms with Crippen LogP contribution in [0.4, 0.5) is 0 Å². The Morgan fingerprint density at radius 2 is 2.29 bits per heavy atom. The maximum Gasteiger partial charge on any atom is 0.310 e. The zero-order valence-electron chi connectivity index (χ0n) is 9.27. The third kappa shape index (κ3) is 3.33. The van der Waals surface area contributed by atoms with Crippen molar-refractivity contribution >= 4 is 24.9 Å². The van der Waals surface area contributed by atoms with Crippen molar-refractivity contribution in [1.82, 2.24) is 0 Å². The van der Waals surface area contributed by atoms with Crippen molar-refractivity contribution in [2.24, 2.45) is 0 Å². The lowest BCUT2D eigenvalue weighted by atomic mass is 10.0. The van der Waals surface area contributed by atoms with Crippen LogP contribution in [0.2, 0.25) is 0 Å². The smallest absolute Gasteiger partial charge is 0.310 e. The van der Waals surface area contributed by atoms with Gasteiger partial charge in [0.15, 0.2) is 6.29 Å². The van der Waals surface area contributed by atoms with Gasteiger partial charge in [-0.05, 0) is 24.6 Å². The molecule has 17 heavy (non-hydrogen) atoms. The lowest BCUT2D eigenvalue weighted by Crippen LogP contribution is -2.08. The molecule has 1 aromatic rings. The second-order valence-corrected chi connectivity index (χ2v) is 3.76. The van der Waals surface area contributed by atoms with Gasteiger partial charge < -0.3 is 4.74 Å². The van der Waals surface area contributed by atoms with Crippen LogP contribution in [0, 0.1) is 11.3 Å². The number of aldehydes is 1. The Balaban J connectivity index is 3.05. The minimum absolute atomic E-state index is 0.0422. The maximum absolute atomic E-state index is 11.3. The number of ether oxygens (including phenoxy) is 1. The van der Waals surface area contributed by atoms with Gasteiger partial charge in [-0.3, -0.25) is 9.59 Å². The summed E-state index contributed by atoms with van der Waals surface area (Å²) in [4.78, 5) is 22.5. The van der Waals surface area contributed by atoms with Crippen molar-refractivity contribution in [3.8, 4) is 6.07 Å². The molecule has 0 spiro atoms. The highest BCUT2D eigenvalue weighted by atomic mass is 32.1. The van der Waals surface area contributed by atoms with Crippen molar-refractivity contribution < 1.29 is 14.3 Å². The van der Waals surface area contributed by atoms with E-state index in [1.165, 1.54) is 12.1 Å². The molecule has 0 saturated heterocycles. The number of rotatable bonds is 4. The molecule has 0 N–H and O–H groups in total. The van der Waals surface area contributed by atoms with E-state index in [-0.39, 0.29) is 23.5 Å². The van der Waals surface area contributed by atoms with E-state index in [0.717, 1.165) is 0 Å². The summed E-state index contributed by atoms with van der Waals surface area (Å²) >= 11 is 4.17. The molecule has 5 heteroatoms. The largest absolute Gasteiger partial charge is 0.466 e. The quantitative estimate of drug-likeness (QED) is 0.501. The van der Waals surface area contributed by atoms with Gasteiger partial charge in [0.25, 0.3) is 0 Å². The minimum Gasteiger partial charge on any atom is -0.466 e. The molecule has 0 fully saturated rings. The van der Waals surface area contributed by atoms with Crippen LogP contribution in [-0.4, -0.2) is 18.9 Å². The van der Waals surface area contributed by atoms with E-state index < -0.39 is 0 Å². The fourth-order valence-corrected chi connectivity index (χ4v) is 1.64. The third-order valence-corrected chi connectivity index (χ3v) is 2.55. The number of carbonyl (C=O) groups is 2. The number of hydrogen-bond acceptors (Lipinski definition) is 5. The van der Waals surface area contributed by atoms with Gasteiger partial charge in [0.05, 0.1) is 24.7 Å². The second-order valence-electron chi connectivity index (χ2n) is 3.28. The monoisotopic (exact) mass is 249 g/mol. The number of carbonyl (C=O) groups excluding carboxylic acids is 2. The Labute approximate surface area is 105 Å². The first-order valence-electron chi connectivity index (χ1n) is 4.99. The molecule has 0 amide bonds. The summed E-state index contributed by atoms with van der Waals surface area (Å²) in [5.74, 6) is -0.384. The molecule has 0 atom stereocenters. The molecule has 0 aromatic heterocycles. The standard InChI is InChI=1S/C12H11NO3S/c1-2-16-12(15)5-8-3-9(6-13)10(7-14)4-11(8)17/h3-4,7,17H,2,5H2,1H3. The van der Waals surface area contributed by atoms with E-state index in [1.54, 1.807) is 6.92 Å². The Morgan fingerprint density at radius 1 is 1.59 bits per heavy atom. The summed E-state index contributed by atoms with van der Waals surface area (Å²) in [6.07, 6.45) is 0.632. The van der Waals surface area contributed by atoms with Crippen LogP contribution in [-0.2, 0) is 16.0 Å². The predicted octanol–water partition coefficient (Wildman–Crippen LogP) is 1.77. The normalized spacial score (nSPS) is 9.47. The third-order valence-electron chi connectivity index (χ3n) is 2.14. The van der Waals surface area contributed by atoms with Gasteiger partial charge in [-0.2, -0.15) is 5.26 Å². The first kappa shape index (κ1) is 13.3. The molecule has 1 rings (SSSR count). The fraction of sp³-hybridized carbons (Fsp3) is 0.250. The number of nitriles is 1. The van der Waals surface area contributed by atoms with Crippen molar-refractivity contribution in [1.29, 1.82) is 5.26 Å². The number of hydrogen-bond donors (Lipinski definition) is 1. The Kier molecular flexibility index (Phi) is 4.73. The molecular formula is C12H11NO3S. The Hall–Kier alpha value is -1.80. The molecule has 0 aliphatic heterocycles. The number of nitrogens with zero attached hydrogens (tertiary/aromatic N) is 1. The molecule has 88 valence electrons. The van der Waals surface area contributed by atoms with Crippen molar-refractivity contribution in [2.45, 2.75) is 18.2 Å². The molecule has 0 bridgehead atoms. The van der Waals surface area contributed by atoms with E-state index in [4.69, 9.17) is 10.00 Å². The van der Waals surface area contributed by atoms with E-state index in [9.17, 15) is 9.59 Å². The summed E-state index contributed by atoms with van der Waals surface area (Å²) < 4.78 is 4.81. The van der Waals surface area contributed by atoms with Crippen LogP contribution in [0.25, 0.3) is 0 Å². The van der Waals surface area contributed by atoms with Crippen LogP contribution in [0.15, 0.2) is 17.0 Å². The Morgan fingerprint density at radius 3 is 2.82 bits per heavy atom. The molecule has 0 saturated carbocycles. The summed E-state index contributed by atoms with van der Waals surface area (Å²) in [5.41, 5.74) is 1.08. The number of esters is 1. The van der Waals surface area contributed by atoms with Gasteiger partial charge in [-0.1, -0.05) is 0 Å². The van der Waals surface area contributed by atoms with E-state index in [0.29, 0.717) is 23.4 Å². The highest BCUT2D eigenvalue weighted by Gasteiger charge is 2.11. The van der Waals surface area contributed by atoms with Gasteiger partial charge in [0, 0.05) is 10.5 Å². The highest BCUT2D eigenvalue weighted by Crippen LogP contribution is 2.20. The van der Waals surface area contributed by atoms with Crippen molar-refractivity contribution in [3.05, 3.63) is 28.8 Å². The predicted molar refractivity (Wildman–Crippen MR) is 64.1 cm³/mol. The van der Waals surface area contributed by atoms with Gasteiger partial charge in [0.2, 0.25) is 0 Å². The first-order valence-corrected chi connectivity index (χ1v) is 5.43. The van der Waals surface area contributed by atoms with Gasteiger partial charge in [0.1, 0.15) is 0 Å². The number of thiol groups is 1. The second kappa shape index (κ2) is 6.06. The van der Waals surface area contributed by atoms with Crippen LogP contribution in [0.3, 0.4) is 0 Å². The fourth-order valence-electron chi connectivity index (χ4n) is 1.35. The topological polar surface area (TPSA) is 67.2 Å². The van der Waals surface area contributed by atoms with Crippen LogP contribution in [0.1, 0.15) is 28.4 Å². The lowest BCUT2D eigenvalue weighted by molar-refractivity contribution is -0.142. The summed E-state index contributed by atoms with van der Waals surface area (Å²) in [5, 5.41) is 8.85. The molecule has 0 radical (unpaired) electrons. The molecule has 4 nitrogen and oxygen atoms in total. The van der Waals surface area contributed by atoms with Crippen molar-refractivity contribution in [3.63, 3.8) is 0 Å². The molecular weight excluding hydrogens is 238 g/mol. The molecule has 0 heterocycles. The highest BCUT2D eigenvalue weighted by molar-refractivity contribution is 7.80. The van der Waals surface area contributed by atoms with E-state index in [1.807, 2.05) is 6.07 Å². The first-order chi connectivity index (χ1) is 8.12. The zero-order valence-corrected chi connectivity index (χ0v) is 10.2. The average molecular weight is 249 g/mol. The molecule has 0 unspecified atom stereocenters. The van der Waals surface area contributed by atoms with E-state index in [2.05, 4.69) is 12.6 Å². The van der Waals surface area contributed by atoms with Crippen molar-refractivity contribution in [2.75, 3.05) is 6.61 Å². The summed E-state index contributed by atoms with van der Waals surface area (Å²) in [6, 6.07) is 4.87. The summed E-state index contributed by atoms with van der Waals surface area (Å²) in [6.45, 7) is 2.02. The molecule has 1 aromatic carbocycles.